The van der Waals surface area contributed by atoms with Crippen LogP contribution in [0.1, 0.15) is 26.8 Å². The molecule has 6 heteroatoms. The Hall–Kier alpha value is -1.50. The van der Waals surface area contributed by atoms with E-state index in [2.05, 4.69) is 28.7 Å². The van der Waals surface area contributed by atoms with Gasteiger partial charge >= 0.3 is 0 Å². The van der Waals surface area contributed by atoms with Crippen LogP contribution in [0.25, 0.3) is 5.57 Å². The van der Waals surface area contributed by atoms with Crippen LogP contribution in [0.5, 0.6) is 0 Å². The summed E-state index contributed by atoms with van der Waals surface area (Å²) in [5.74, 6) is 0.00191. The summed E-state index contributed by atoms with van der Waals surface area (Å²) in [6.45, 7) is 2.72. The molecule has 4 nitrogen and oxygen atoms in total. The number of nitrogens with zero attached hydrogens (tertiary/aromatic N) is 2. The van der Waals surface area contributed by atoms with E-state index in [0.717, 1.165) is 41.5 Å². The molecule has 22 heavy (non-hydrogen) atoms. The SMILES string of the molecule is CN1CCC=C(c2nc(CCNC(=O)c3cccs3)cs2)C1. The maximum atomic E-state index is 11.9. The Morgan fingerprint density at radius 2 is 2.36 bits per heavy atom. The Bertz CT molecular complexity index is 661. The molecule has 2 aromatic rings. The van der Waals surface area contributed by atoms with E-state index in [4.69, 9.17) is 4.98 Å². The number of carbonyl (C=O) groups is 1. The van der Waals surface area contributed by atoms with Crippen molar-refractivity contribution in [2.24, 2.45) is 0 Å². The highest BCUT2D eigenvalue weighted by Gasteiger charge is 2.13. The lowest BCUT2D eigenvalue weighted by Crippen LogP contribution is -2.25. The van der Waals surface area contributed by atoms with Crippen LogP contribution < -0.4 is 5.32 Å². The first kappa shape index (κ1) is 15.4. The summed E-state index contributed by atoms with van der Waals surface area (Å²) in [6, 6.07) is 3.73. The monoisotopic (exact) mass is 333 g/mol. The van der Waals surface area contributed by atoms with Crippen LogP contribution in [-0.4, -0.2) is 42.5 Å². The van der Waals surface area contributed by atoms with Gasteiger partial charge in [0, 0.05) is 31.4 Å². The number of hydrogen-bond donors (Lipinski definition) is 1. The van der Waals surface area contributed by atoms with E-state index < -0.39 is 0 Å². The average Bonchev–Trinajstić information content (AvgIpc) is 3.19. The Morgan fingerprint density at radius 3 is 3.14 bits per heavy atom. The molecule has 0 atom stereocenters. The van der Waals surface area contributed by atoms with E-state index in [0.29, 0.717) is 6.54 Å². The van der Waals surface area contributed by atoms with Gasteiger partial charge in [-0.2, -0.15) is 0 Å². The van der Waals surface area contributed by atoms with Crippen molar-refractivity contribution in [3.63, 3.8) is 0 Å². The first-order valence-corrected chi connectivity index (χ1v) is 9.12. The number of aromatic nitrogens is 1. The standard InChI is InChI=1S/C16H19N3OS2/c1-19-8-2-4-12(10-19)16-18-13(11-22-16)6-7-17-15(20)14-5-3-9-21-14/h3-5,9,11H,2,6-8,10H2,1H3,(H,17,20). The minimum absolute atomic E-state index is 0.00191. The number of hydrogen-bond acceptors (Lipinski definition) is 5. The van der Waals surface area contributed by atoms with Crippen molar-refractivity contribution in [1.29, 1.82) is 0 Å². The molecule has 1 aliphatic heterocycles. The summed E-state index contributed by atoms with van der Waals surface area (Å²) in [5.41, 5.74) is 2.38. The van der Waals surface area contributed by atoms with Crippen molar-refractivity contribution in [1.82, 2.24) is 15.2 Å². The predicted octanol–water partition coefficient (Wildman–Crippen LogP) is 2.90. The number of likely N-dealkylation sites (N-methyl/N-ethyl adjacent to an activating group) is 1. The van der Waals surface area contributed by atoms with Gasteiger partial charge in [-0.15, -0.1) is 22.7 Å². The number of thiophene rings is 1. The summed E-state index contributed by atoms with van der Waals surface area (Å²) in [5, 5.41) is 8.07. The molecule has 1 amide bonds. The second-order valence-electron chi connectivity index (χ2n) is 5.38. The predicted molar refractivity (Wildman–Crippen MR) is 92.6 cm³/mol. The summed E-state index contributed by atoms with van der Waals surface area (Å²) in [6.07, 6.45) is 4.16. The molecular formula is C16H19N3OS2. The molecule has 0 aliphatic carbocycles. The van der Waals surface area contributed by atoms with Crippen LogP contribution in [0.15, 0.2) is 29.0 Å². The molecule has 3 heterocycles. The van der Waals surface area contributed by atoms with Crippen LogP contribution in [0.3, 0.4) is 0 Å². The lowest BCUT2D eigenvalue weighted by molar-refractivity contribution is 0.0958. The highest BCUT2D eigenvalue weighted by molar-refractivity contribution is 7.12. The molecule has 0 spiro atoms. The van der Waals surface area contributed by atoms with Crippen LogP contribution in [0, 0.1) is 0 Å². The van der Waals surface area contributed by atoms with Gasteiger partial charge in [-0.25, -0.2) is 4.98 Å². The van der Waals surface area contributed by atoms with Gasteiger partial charge in [0.1, 0.15) is 5.01 Å². The quantitative estimate of drug-likeness (QED) is 0.915. The summed E-state index contributed by atoms with van der Waals surface area (Å²) < 4.78 is 0. The first-order chi connectivity index (χ1) is 10.7. The Labute approximate surface area is 138 Å². The van der Waals surface area contributed by atoms with Crippen LogP contribution in [0.2, 0.25) is 0 Å². The minimum atomic E-state index is 0.00191. The van der Waals surface area contributed by atoms with Crippen molar-refractivity contribution in [3.05, 3.63) is 44.5 Å². The third-order valence-electron chi connectivity index (χ3n) is 3.58. The highest BCUT2D eigenvalue weighted by atomic mass is 32.1. The Balaban J connectivity index is 1.52. The third kappa shape index (κ3) is 3.82. The second kappa shape index (κ2) is 7.17. The average molecular weight is 333 g/mol. The van der Waals surface area contributed by atoms with E-state index in [9.17, 15) is 4.79 Å². The van der Waals surface area contributed by atoms with Crippen molar-refractivity contribution < 1.29 is 4.79 Å². The normalized spacial score (nSPS) is 15.6. The molecule has 0 saturated carbocycles. The van der Waals surface area contributed by atoms with Gasteiger partial charge in [0.2, 0.25) is 0 Å². The first-order valence-electron chi connectivity index (χ1n) is 7.36. The fourth-order valence-corrected chi connectivity index (χ4v) is 3.94. The lowest BCUT2D eigenvalue weighted by atomic mass is 10.1. The van der Waals surface area contributed by atoms with Gasteiger partial charge in [0.25, 0.3) is 5.91 Å². The number of amides is 1. The van der Waals surface area contributed by atoms with Gasteiger partial charge in [0.05, 0.1) is 10.6 Å². The lowest BCUT2D eigenvalue weighted by Gasteiger charge is -2.21. The van der Waals surface area contributed by atoms with Gasteiger partial charge < -0.3 is 10.2 Å². The fourth-order valence-electron chi connectivity index (χ4n) is 2.42. The number of thiazole rings is 1. The second-order valence-corrected chi connectivity index (χ2v) is 7.19. The number of nitrogens with one attached hydrogen (secondary N) is 1. The zero-order valence-electron chi connectivity index (χ0n) is 12.5. The van der Waals surface area contributed by atoms with Gasteiger partial charge in [-0.3, -0.25) is 4.79 Å². The summed E-state index contributed by atoms with van der Waals surface area (Å²) in [4.78, 5) is 19.6. The summed E-state index contributed by atoms with van der Waals surface area (Å²) >= 11 is 3.16. The minimum Gasteiger partial charge on any atom is -0.351 e. The topological polar surface area (TPSA) is 45.2 Å². The molecule has 2 aromatic heterocycles. The molecular weight excluding hydrogens is 314 g/mol. The molecule has 116 valence electrons. The third-order valence-corrected chi connectivity index (χ3v) is 5.42. The molecule has 0 bridgehead atoms. The van der Waals surface area contributed by atoms with Crippen LogP contribution in [0.4, 0.5) is 0 Å². The maximum Gasteiger partial charge on any atom is 0.261 e. The van der Waals surface area contributed by atoms with Gasteiger partial charge in [-0.05, 0) is 30.5 Å². The number of rotatable bonds is 5. The van der Waals surface area contributed by atoms with Crippen LogP contribution >= 0.6 is 22.7 Å². The Morgan fingerprint density at radius 1 is 1.45 bits per heavy atom. The maximum absolute atomic E-state index is 11.9. The van der Waals surface area contributed by atoms with E-state index in [1.54, 1.807) is 11.3 Å². The molecule has 1 N–H and O–H groups in total. The molecule has 0 fully saturated rings. The van der Waals surface area contributed by atoms with Crippen molar-refractivity contribution in [2.75, 3.05) is 26.7 Å². The van der Waals surface area contributed by atoms with Gasteiger partial charge in [0.15, 0.2) is 0 Å². The molecule has 0 saturated heterocycles. The van der Waals surface area contributed by atoms with E-state index in [-0.39, 0.29) is 5.91 Å². The van der Waals surface area contributed by atoms with Crippen molar-refractivity contribution in [2.45, 2.75) is 12.8 Å². The molecule has 0 aromatic carbocycles. The molecule has 3 rings (SSSR count). The molecule has 0 radical (unpaired) electrons. The zero-order valence-corrected chi connectivity index (χ0v) is 14.2. The Kier molecular flexibility index (Phi) is 5.02. The zero-order chi connectivity index (χ0) is 15.4. The largest absolute Gasteiger partial charge is 0.351 e. The molecule has 1 aliphatic rings. The number of carbonyl (C=O) groups excluding carboxylic acids is 1. The fraction of sp³-hybridized carbons (Fsp3) is 0.375. The smallest absolute Gasteiger partial charge is 0.261 e. The van der Waals surface area contributed by atoms with E-state index in [1.165, 1.54) is 16.9 Å². The van der Waals surface area contributed by atoms with Gasteiger partial charge in [-0.1, -0.05) is 12.1 Å². The highest BCUT2D eigenvalue weighted by Crippen LogP contribution is 2.23. The van der Waals surface area contributed by atoms with E-state index in [1.807, 2.05) is 17.5 Å². The molecule has 0 unspecified atom stereocenters. The summed E-state index contributed by atoms with van der Waals surface area (Å²) in [7, 11) is 2.14. The van der Waals surface area contributed by atoms with E-state index >= 15 is 0 Å². The van der Waals surface area contributed by atoms with Crippen molar-refractivity contribution >= 4 is 34.2 Å². The van der Waals surface area contributed by atoms with Crippen LogP contribution in [-0.2, 0) is 6.42 Å². The van der Waals surface area contributed by atoms with Crippen molar-refractivity contribution in [3.8, 4) is 0 Å².